The lowest BCUT2D eigenvalue weighted by atomic mass is 9.90. The normalized spacial score (nSPS) is 17.6. The van der Waals surface area contributed by atoms with Crippen molar-refractivity contribution in [3.63, 3.8) is 0 Å². The van der Waals surface area contributed by atoms with Crippen molar-refractivity contribution in [2.75, 3.05) is 19.6 Å². The van der Waals surface area contributed by atoms with Crippen molar-refractivity contribution in [3.05, 3.63) is 94.5 Å². The molecular formula is C26H29ClN2. The molecule has 150 valence electrons. The van der Waals surface area contributed by atoms with Crippen LogP contribution in [0.1, 0.15) is 42.5 Å². The molecule has 3 aromatic carbocycles. The van der Waals surface area contributed by atoms with Crippen LogP contribution >= 0.6 is 11.6 Å². The van der Waals surface area contributed by atoms with E-state index in [9.17, 15) is 0 Å². The van der Waals surface area contributed by atoms with Crippen molar-refractivity contribution in [2.45, 2.75) is 32.4 Å². The van der Waals surface area contributed by atoms with Crippen molar-refractivity contribution >= 4 is 11.6 Å². The van der Waals surface area contributed by atoms with Gasteiger partial charge in [0.05, 0.1) is 0 Å². The number of piperazine rings is 1. The van der Waals surface area contributed by atoms with Gasteiger partial charge in [0.1, 0.15) is 0 Å². The molecule has 0 radical (unpaired) electrons. The van der Waals surface area contributed by atoms with E-state index in [1.165, 1.54) is 27.8 Å². The molecular weight excluding hydrogens is 376 g/mol. The molecule has 29 heavy (non-hydrogen) atoms. The fourth-order valence-corrected chi connectivity index (χ4v) is 4.56. The highest BCUT2D eigenvalue weighted by molar-refractivity contribution is 6.30. The van der Waals surface area contributed by atoms with Gasteiger partial charge in [0.25, 0.3) is 0 Å². The van der Waals surface area contributed by atoms with Crippen LogP contribution in [0, 0.1) is 0 Å². The van der Waals surface area contributed by atoms with E-state index in [1.807, 2.05) is 6.07 Å². The number of hydrogen-bond acceptors (Lipinski definition) is 2. The van der Waals surface area contributed by atoms with Crippen LogP contribution in [0.2, 0.25) is 5.02 Å². The average Bonchev–Trinajstić information content (AvgIpc) is 2.74. The van der Waals surface area contributed by atoms with Gasteiger partial charge in [0.2, 0.25) is 0 Å². The zero-order valence-electron chi connectivity index (χ0n) is 17.2. The van der Waals surface area contributed by atoms with Crippen LogP contribution in [0.4, 0.5) is 0 Å². The topological polar surface area (TPSA) is 15.3 Å². The van der Waals surface area contributed by atoms with Crippen LogP contribution in [0.25, 0.3) is 11.1 Å². The van der Waals surface area contributed by atoms with E-state index in [2.05, 4.69) is 90.8 Å². The smallest absolute Gasteiger partial charge is 0.0477 e. The Kier molecular flexibility index (Phi) is 6.34. The number of hydrogen-bond donors (Lipinski definition) is 1. The molecule has 1 N–H and O–H groups in total. The molecule has 1 saturated heterocycles. The fraction of sp³-hybridized carbons (Fsp3) is 0.308. The predicted octanol–water partition coefficient (Wildman–Crippen LogP) is 6.28. The number of benzene rings is 3. The summed E-state index contributed by atoms with van der Waals surface area (Å²) in [5, 5.41) is 4.36. The Morgan fingerprint density at radius 2 is 1.72 bits per heavy atom. The van der Waals surface area contributed by atoms with E-state index in [0.29, 0.717) is 12.0 Å². The van der Waals surface area contributed by atoms with E-state index in [1.54, 1.807) is 0 Å². The van der Waals surface area contributed by atoms with Gasteiger partial charge < -0.3 is 5.32 Å². The third-order valence-electron chi connectivity index (χ3n) is 5.85. The molecule has 0 unspecified atom stereocenters. The van der Waals surface area contributed by atoms with Gasteiger partial charge in [-0.2, -0.15) is 0 Å². The molecule has 3 heteroatoms. The first kappa shape index (κ1) is 20.2. The Bertz CT molecular complexity index is 966. The van der Waals surface area contributed by atoms with Crippen LogP contribution in [0.3, 0.4) is 0 Å². The maximum Gasteiger partial charge on any atom is 0.0477 e. The van der Waals surface area contributed by atoms with Gasteiger partial charge in [-0.25, -0.2) is 0 Å². The van der Waals surface area contributed by atoms with Crippen molar-refractivity contribution in [1.82, 2.24) is 10.2 Å². The number of nitrogens with zero attached hydrogens (tertiary/aromatic N) is 1. The second-order valence-electron chi connectivity index (χ2n) is 8.14. The molecule has 4 rings (SSSR count). The van der Waals surface area contributed by atoms with Crippen LogP contribution in [0.5, 0.6) is 0 Å². The Morgan fingerprint density at radius 1 is 0.966 bits per heavy atom. The number of rotatable bonds is 5. The molecule has 0 spiro atoms. The van der Waals surface area contributed by atoms with Gasteiger partial charge in [-0.05, 0) is 45.9 Å². The number of nitrogens with one attached hydrogen (secondary N) is 1. The van der Waals surface area contributed by atoms with Crippen molar-refractivity contribution in [1.29, 1.82) is 0 Å². The molecule has 2 nitrogen and oxygen atoms in total. The quantitative estimate of drug-likeness (QED) is 0.538. The lowest BCUT2D eigenvalue weighted by molar-refractivity contribution is 0.154. The second kappa shape index (κ2) is 9.13. The monoisotopic (exact) mass is 404 g/mol. The highest BCUT2D eigenvalue weighted by atomic mass is 35.5. The summed E-state index contributed by atoms with van der Waals surface area (Å²) in [6.07, 6.45) is 0. The summed E-state index contributed by atoms with van der Waals surface area (Å²) in [7, 11) is 0. The largest absolute Gasteiger partial charge is 0.314 e. The molecule has 1 aliphatic heterocycles. The molecule has 0 aromatic heterocycles. The maximum absolute atomic E-state index is 6.29. The first-order chi connectivity index (χ1) is 14.1. The van der Waals surface area contributed by atoms with E-state index in [-0.39, 0.29) is 0 Å². The predicted molar refractivity (Wildman–Crippen MR) is 123 cm³/mol. The summed E-state index contributed by atoms with van der Waals surface area (Å²) in [5.74, 6) is 0.498. The van der Waals surface area contributed by atoms with Gasteiger partial charge in [-0.3, -0.25) is 4.90 Å². The minimum absolute atomic E-state index is 0.329. The summed E-state index contributed by atoms with van der Waals surface area (Å²) < 4.78 is 0. The lowest BCUT2D eigenvalue weighted by Crippen LogP contribution is -2.45. The molecule has 0 aliphatic carbocycles. The van der Waals surface area contributed by atoms with Gasteiger partial charge in [0.15, 0.2) is 0 Å². The van der Waals surface area contributed by atoms with E-state index in [4.69, 9.17) is 11.6 Å². The van der Waals surface area contributed by atoms with E-state index in [0.717, 1.165) is 31.2 Å². The van der Waals surface area contributed by atoms with E-state index >= 15 is 0 Å². The minimum Gasteiger partial charge on any atom is -0.314 e. The van der Waals surface area contributed by atoms with Crippen LogP contribution < -0.4 is 5.32 Å². The van der Waals surface area contributed by atoms with Crippen molar-refractivity contribution < 1.29 is 0 Å². The van der Waals surface area contributed by atoms with Crippen molar-refractivity contribution in [3.8, 4) is 11.1 Å². The third kappa shape index (κ3) is 4.56. The molecule has 1 aliphatic rings. The molecule has 1 heterocycles. The minimum atomic E-state index is 0.329. The molecule has 1 fully saturated rings. The second-order valence-corrected chi connectivity index (χ2v) is 8.58. The highest BCUT2D eigenvalue weighted by Crippen LogP contribution is 2.33. The zero-order valence-corrected chi connectivity index (χ0v) is 18.0. The fourth-order valence-electron chi connectivity index (χ4n) is 4.36. The van der Waals surface area contributed by atoms with Gasteiger partial charge in [0, 0.05) is 37.2 Å². The lowest BCUT2D eigenvalue weighted by Gasteiger charge is -2.37. The summed E-state index contributed by atoms with van der Waals surface area (Å²) in [6.45, 7) is 8.46. The van der Waals surface area contributed by atoms with Crippen LogP contribution in [0.15, 0.2) is 72.8 Å². The first-order valence-electron chi connectivity index (χ1n) is 10.5. The van der Waals surface area contributed by atoms with Crippen LogP contribution in [-0.2, 0) is 6.54 Å². The summed E-state index contributed by atoms with van der Waals surface area (Å²) in [4.78, 5) is 2.58. The summed E-state index contributed by atoms with van der Waals surface area (Å²) in [6, 6.07) is 26.3. The molecule has 0 saturated carbocycles. The van der Waals surface area contributed by atoms with E-state index < -0.39 is 0 Å². The van der Waals surface area contributed by atoms with Crippen LogP contribution in [-0.4, -0.2) is 24.5 Å². The average molecular weight is 405 g/mol. The first-order valence-corrected chi connectivity index (χ1v) is 10.9. The summed E-state index contributed by atoms with van der Waals surface area (Å²) >= 11 is 6.29. The SMILES string of the molecule is CC(C)c1ccccc1-c1ccccc1CN1CCNC[C@@H]1c1cccc(Cl)c1. The molecule has 1 atom stereocenters. The molecule has 0 amide bonds. The van der Waals surface area contributed by atoms with Gasteiger partial charge in [-0.1, -0.05) is 86.1 Å². The third-order valence-corrected chi connectivity index (χ3v) is 6.09. The summed E-state index contributed by atoms with van der Waals surface area (Å²) in [5.41, 5.74) is 6.78. The standard InChI is InChI=1S/C26H29ClN2/c1-19(2)23-11-5-6-13-25(23)24-12-4-3-8-21(24)18-29-15-14-28-17-26(29)20-9-7-10-22(27)16-20/h3-13,16,19,26,28H,14-15,17-18H2,1-2H3/t26-/m1/s1. The Morgan fingerprint density at radius 3 is 2.52 bits per heavy atom. The Hall–Kier alpha value is -2.13. The molecule has 3 aromatic rings. The number of halogens is 1. The van der Waals surface area contributed by atoms with Gasteiger partial charge in [-0.15, -0.1) is 0 Å². The van der Waals surface area contributed by atoms with Gasteiger partial charge >= 0.3 is 0 Å². The highest BCUT2D eigenvalue weighted by Gasteiger charge is 2.25. The van der Waals surface area contributed by atoms with Crippen molar-refractivity contribution in [2.24, 2.45) is 0 Å². The molecule has 0 bridgehead atoms. The zero-order chi connectivity index (χ0) is 20.2. The maximum atomic E-state index is 6.29. The Labute approximate surface area is 179 Å². The Balaban J connectivity index is 1.68.